The lowest BCUT2D eigenvalue weighted by Crippen LogP contribution is -2.41. The zero-order valence-electron chi connectivity index (χ0n) is 8.01. The second-order valence-electron chi connectivity index (χ2n) is 3.89. The highest BCUT2D eigenvalue weighted by Gasteiger charge is 2.37. The van der Waals surface area contributed by atoms with Gasteiger partial charge in [-0.25, -0.2) is 8.78 Å². The molecule has 0 unspecified atom stereocenters. The average molecular weight is 201 g/mol. The van der Waals surface area contributed by atoms with Crippen molar-refractivity contribution in [3.8, 4) is 0 Å². The maximum absolute atomic E-state index is 12.8. The molecule has 2 nitrogen and oxygen atoms in total. The highest BCUT2D eigenvalue weighted by atomic mass is 19.3. The Labute approximate surface area is 83.6 Å². The van der Waals surface area contributed by atoms with Gasteiger partial charge in [0.05, 0.1) is 13.9 Å². The van der Waals surface area contributed by atoms with Gasteiger partial charge in [-0.1, -0.05) is 0 Å². The third-order valence-corrected chi connectivity index (χ3v) is 2.84. The Morgan fingerprint density at radius 1 is 1.50 bits per heavy atom. The minimum atomic E-state index is -2.57. The summed E-state index contributed by atoms with van der Waals surface area (Å²) in [5.41, 5.74) is 5.62. The summed E-state index contributed by atoms with van der Waals surface area (Å²) < 4.78 is 25.5. The van der Waals surface area contributed by atoms with Crippen LogP contribution in [-0.4, -0.2) is 25.6 Å². The summed E-state index contributed by atoms with van der Waals surface area (Å²) in [6, 6.07) is -0.656. The summed E-state index contributed by atoms with van der Waals surface area (Å²) in [7, 11) is 5.16. The highest BCUT2D eigenvalue weighted by molar-refractivity contribution is 6.21. The summed E-state index contributed by atoms with van der Waals surface area (Å²) in [5.74, 6) is -2.92. The van der Waals surface area contributed by atoms with Crippen LogP contribution in [0.5, 0.6) is 0 Å². The molecule has 1 atom stereocenters. The molecule has 1 rings (SSSR count). The van der Waals surface area contributed by atoms with Gasteiger partial charge in [0.1, 0.15) is 5.78 Å². The zero-order valence-corrected chi connectivity index (χ0v) is 8.01. The van der Waals surface area contributed by atoms with E-state index >= 15 is 0 Å². The smallest absolute Gasteiger partial charge is 0.248 e. The van der Waals surface area contributed by atoms with Gasteiger partial charge in [-0.3, -0.25) is 4.79 Å². The first kappa shape index (κ1) is 11.6. The Hall–Kier alpha value is -0.445. The van der Waals surface area contributed by atoms with E-state index in [-0.39, 0.29) is 30.9 Å². The van der Waals surface area contributed by atoms with Crippen LogP contribution in [0.25, 0.3) is 0 Å². The molecule has 0 aromatic carbocycles. The van der Waals surface area contributed by atoms with Crippen LogP contribution in [0, 0.1) is 5.92 Å². The lowest BCUT2D eigenvalue weighted by Gasteiger charge is -2.31. The van der Waals surface area contributed by atoms with Gasteiger partial charge >= 0.3 is 0 Å². The third kappa shape index (κ3) is 2.77. The number of rotatable bonds is 3. The van der Waals surface area contributed by atoms with E-state index in [0.717, 1.165) is 0 Å². The van der Waals surface area contributed by atoms with Crippen LogP contribution in [0.3, 0.4) is 0 Å². The van der Waals surface area contributed by atoms with Gasteiger partial charge in [0.25, 0.3) is 0 Å². The first-order valence-corrected chi connectivity index (χ1v) is 4.82. The third-order valence-electron chi connectivity index (χ3n) is 2.84. The molecule has 0 aromatic heterocycles. The molecule has 1 fully saturated rings. The fourth-order valence-electron chi connectivity index (χ4n) is 1.82. The SMILES string of the molecule is [B]CC(=O)[C@@H](N)C1CCC(F)(F)CC1. The predicted molar refractivity (Wildman–Crippen MR) is 50.4 cm³/mol. The molecule has 0 amide bonds. The molecule has 2 N–H and O–H groups in total. The van der Waals surface area contributed by atoms with Crippen molar-refractivity contribution in [2.24, 2.45) is 11.7 Å². The van der Waals surface area contributed by atoms with E-state index in [1.807, 2.05) is 0 Å². The monoisotopic (exact) mass is 201 g/mol. The Morgan fingerprint density at radius 2 is 2.00 bits per heavy atom. The van der Waals surface area contributed by atoms with Crippen molar-refractivity contribution in [1.82, 2.24) is 0 Å². The van der Waals surface area contributed by atoms with Gasteiger partial charge in [-0.15, -0.1) is 0 Å². The number of hydrogen-bond donors (Lipinski definition) is 1. The van der Waals surface area contributed by atoms with Gasteiger partial charge in [0.2, 0.25) is 5.92 Å². The van der Waals surface area contributed by atoms with E-state index in [9.17, 15) is 13.6 Å². The topological polar surface area (TPSA) is 43.1 Å². The summed E-state index contributed by atoms with van der Waals surface area (Å²) >= 11 is 0. The minimum Gasteiger partial charge on any atom is -0.321 e. The van der Waals surface area contributed by atoms with Crippen LogP contribution in [-0.2, 0) is 4.79 Å². The van der Waals surface area contributed by atoms with E-state index in [4.69, 9.17) is 13.6 Å². The van der Waals surface area contributed by atoms with Crippen LogP contribution in [0.1, 0.15) is 25.7 Å². The fourth-order valence-corrected chi connectivity index (χ4v) is 1.82. The van der Waals surface area contributed by atoms with E-state index in [0.29, 0.717) is 12.8 Å². The van der Waals surface area contributed by atoms with Crippen LogP contribution in [0.2, 0.25) is 6.32 Å². The Kier molecular flexibility index (Phi) is 3.64. The minimum absolute atomic E-state index is 0.103. The Balaban J connectivity index is 2.45. The zero-order chi connectivity index (χ0) is 10.8. The van der Waals surface area contributed by atoms with Crippen molar-refractivity contribution < 1.29 is 13.6 Å². The quantitative estimate of drug-likeness (QED) is 0.699. The number of carbonyl (C=O) groups is 1. The summed E-state index contributed by atoms with van der Waals surface area (Å²) in [6.45, 7) is 0. The van der Waals surface area contributed by atoms with Crippen LogP contribution < -0.4 is 5.73 Å². The van der Waals surface area contributed by atoms with Crippen molar-refractivity contribution in [2.45, 2.75) is 44.0 Å². The molecule has 0 spiro atoms. The largest absolute Gasteiger partial charge is 0.321 e. The lowest BCUT2D eigenvalue weighted by molar-refractivity contribution is -0.120. The second kappa shape index (κ2) is 4.38. The van der Waals surface area contributed by atoms with Gasteiger partial charge in [-0.2, -0.15) is 0 Å². The van der Waals surface area contributed by atoms with Crippen molar-refractivity contribution in [2.75, 3.05) is 0 Å². The number of nitrogens with two attached hydrogens (primary N) is 1. The first-order valence-electron chi connectivity index (χ1n) is 4.82. The first-order chi connectivity index (χ1) is 6.46. The average Bonchev–Trinajstić information content (AvgIpc) is 2.15. The molecule has 0 heterocycles. The van der Waals surface area contributed by atoms with E-state index in [2.05, 4.69) is 0 Å². The molecule has 5 heteroatoms. The number of hydrogen-bond acceptors (Lipinski definition) is 2. The molecule has 1 saturated carbocycles. The molecule has 0 aromatic rings. The molecule has 0 saturated heterocycles. The summed E-state index contributed by atoms with van der Waals surface area (Å²) in [6.07, 6.45) is 0.209. The van der Waals surface area contributed by atoms with Gasteiger partial charge < -0.3 is 5.73 Å². The molecular formula is C9H14BF2NO. The fraction of sp³-hybridized carbons (Fsp3) is 0.889. The molecule has 2 radical (unpaired) electrons. The van der Waals surface area contributed by atoms with Crippen molar-refractivity contribution >= 4 is 13.6 Å². The number of ketones is 1. The van der Waals surface area contributed by atoms with Crippen LogP contribution >= 0.6 is 0 Å². The second-order valence-corrected chi connectivity index (χ2v) is 3.89. The van der Waals surface area contributed by atoms with E-state index in [1.165, 1.54) is 0 Å². The molecule has 1 aliphatic rings. The number of Topliss-reactive ketones (excluding diaryl/α,β-unsaturated/α-hetero) is 1. The lowest BCUT2D eigenvalue weighted by atomic mass is 9.79. The summed E-state index contributed by atoms with van der Waals surface area (Å²) in [4.78, 5) is 11.1. The van der Waals surface area contributed by atoms with Crippen LogP contribution in [0.15, 0.2) is 0 Å². The normalized spacial score (nSPS) is 24.5. The van der Waals surface area contributed by atoms with Crippen molar-refractivity contribution in [1.29, 1.82) is 0 Å². The molecule has 78 valence electrons. The summed E-state index contributed by atoms with van der Waals surface area (Å²) in [5, 5.41) is 0. The van der Waals surface area contributed by atoms with Crippen LogP contribution in [0.4, 0.5) is 8.78 Å². The van der Waals surface area contributed by atoms with Gasteiger partial charge in [0, 0.05) is 12.8 Å². The number of alkyl halides is 2. The molecule has 0 bridgehead atoms. The van der Waals surface area contributed by atoms with Gasteiger partial charge in [0.15, 0.2) is 0 Å². The van der Waals surface area contributed by atoms with E-state index in [1.54, 1.807) is 0 Å². The Bertz CT molecular complexity index is 213. The number of halogens is 2. The molecular weight excluding hydrogens is 187 g/mol. The Morgan fingerprint density at radius 3 is 2.43 bits per heavy atom. The standard InChI is InChI=1S/C9H14BF2NO/c10-5-7(14)8(13)6-1-3-9(11,12)4-2-6/h6,8H,1-5,13H2/t8-/m0/s1. The van der Waals surface area contributed by atoms with Gasteiger partial charge in [-0.05, 0) is 25.1 Å². The highest BCUT2D eigenvalue weighted by Crippen LogP contribution is 2.37. The molecule has 14 heavy (non-hydrogen) atoms. The maximum atomic E-state index is 12.8. The van der Waals surface area contributed by atoms with E-state index < -0.39 is 12.0 Å². The maximum Gasteiger partial charge on any atom is 0.248 e. The predicted octanol–water partition coefficient (Wildman–Crippen LogP) is 1.30. The molecule has 1 aliphatic carbocycles. The molecule has 0 aliphatic heterocycles. The number of carbonyl (C=O) groups excluding carboxylic acids is 1. The van der Waals surface area contributed by atoms with Crippen molar-refractivity contribution in [3.63, 3.8) is 0 Å². The van der Waals surface area contributed by atoms with Crippen molar-refractivity contribution in [3.05, 3.63) is 0 Å².